The Hall–Kier alpha value is -2.48. The van der Waals surface area contributed by atoms with Crippen molar-refractivity contribution in [2.24, 2.45) is 11.3 Å². The Bertz CT molecular complexity index is 719. The number of nitro benzene ring substituents is 1. The monoisotopic (exact) mass is 334 g/mol. The van der Waals surface area contributed by atoms with Gasteiger partial charge in [0.25, 0.3) is 11.6 Å². The van der Waals surface area contributed by atoms with Crippen molar-refractivity contribution >= 4 is 17.6 Å². The maximum atomic E-state index is 12.8. The number of benzene rings is 1. The number of carboxylic acids is 1. The Morgan fingerprint density at radius 3 is 2.79 bits per heavy atom. The van der Waals surface area contributed by atoms with Crippen LogP contribution in [0.15, 0.2) is 18.2 Å². The second-order valence-electron chi connectivity index (χ2n) is 6.43. The summed E-state index contributed by atoms with van der Waals surface area (Å²) in [6.07, 6.45) is 0.385. The third-order valence-corrected chi connectivity index (χ3v) is 5.07. The van der Waals surface area contributed by atoms with Crippen LogP contribution in [0.2, 0.25) is 0 Å². The Morgan fingerprint density at radius 1 is 1.46 bits per heavy atom. The van der Waals surface area contributed by atoms with Crippen molar-refractivity contribution in [3.63, 3.8) is 0 Å². The lowest BCUT2D eigenvalue weighted by atomic mass is 9.74. The molecule has 3 rings (SSSR count). The van der Waals surface area contributed by atoms with Gasteiger partial charge in [-0.1, -0.05) is 0 Å². The number of fused-ring (bicyclic) bond motifs is 1. The molecule has 128 valence electrons. The van der Waals surface area contributed by atoms with Gasteiger partial charge in [-0.3, -0.25) is 19.7 Å². The van der Waals surface area contributed by atoms with E-state index >= 15 is 0 Å². The molecule has 0 unspecified atom stereocenters. The fraction of sp³-hybridized carbons (Fsp3) is 0.500. The zero-order chi connectivity index (χ0) is 17.5. The lowest BCUT2D eigenvalue weighted by Crippen LogP contribution is -2.45. The molecular weight excluding hydrogens is 316 g/mol. The molecule has 0 radical (unpaired) electrons. The zero-order valence-corrected chi connectivity index (χ0v) is 13.2. The van der Waals surface area contributed by atoms with Gasteiger partial charge in [-0.25, -0.2) is 0 Å². The number of rotatable bonds is 3. The second kappa shape index (κ2) is 5.86. The van der Waals surface area contributed by atoms with Crippen LogP contribution in [0.1, 0.15) is 22.3 Å². The summed E-state index contributed by atoms with van der Waals surface area (Å²) < 4.78 is 5.38. The van der Waals surface area contributed by atoms with E-state index in [1.54, 1.807) is 6.92 Å². The summed E-state index contributed by atoms with van der Waals surface area (Å²) in [5, 5.41) is 20.5. The van der Waals surface area contributed by atoms with E-state index < -0.39 is 16.3 Å². The minimum absolute atomic E-state index is 0.0745. The van der Waals surface area contributed by atoms with Crippen molar-refractivity contribution in [3.8, 4) is 0 Å². The first-order valence-electron chi connectivity index (χ1n) is 7.70. The maximum Gasteiger partial charge on any atom is 0.311 e. The number of carbonyl (C=O) groups is 2. The number of aliphatic carboxylic acids is 1. The van der Waals surface area contributed by atoms with Crippen LogP contribution < -0.4 is 0 Å². The largest absolute Gasteiger partial charge is 0.481 e. The first-order valence-corrected chi connectivity index (χ1v) is 7.70. The molecule has 2 aliphatic heterocycles. The number of carbonyl (C=O) groups excluding carboxylic acids is 1. The molecule has 1 amide bonds. The first-order chi connectivity index (χ1) is 11.3. The van der Waals surface area contributed by atoms with E-state index in [4.69, 9.17) is 4.74 Å². The third-order valence-electron chi connectivity index (χ3n) is 5.07. The van der Waals surface area contributed by atoms with E-state index in [2.05, 4.69) is 0 Å². The van der Waals surface area contributed by atoms with Crippen LogP contribution in [0.5, 0.6) is 0 Å². The number of non-ortho nitro benzene ring substituents is 1. The highest BCUT2D eigenvalue weighted by molar-refractivity contribution is 5.96. The second-order valence-corrected chi connectivity index (χ2v) is 6.43. The maximum absolute atomic E-state index is 12.8. The standard InChI is InChI=1S/C16H18N2O6/c1-10-6-12(18(22)23)2-3-13(10)14(19)17-7-11-8-24-5-4-16(11,9-17)15(20)21/h2-3,6,11H,4-5,7-9H2,1H3,(H,20,21)/t11-,16+/m0/s1. The number of amides is 1. The van der Waals surface area contributed by atoms with E-state index in [0.717, 1.165) is 0 Å². The molecular formula is C16H18N2O6. The van der Waals surface area contributed by atoms with Gasteiger partial charge < -0.3 is 14.7 Å². The molecule has 2 saturated heterocycles. The van der Waals surface area contributed by atoms with Gasteiger partial charge in [0.1, 0.15) is 0 Å². The molecule has 1 aromatic carbocycles. The fourth-order valence-corrected chi connectivity index (χ4v) is 3.63. The van der Waals surface area contributed by atoms with Gasteiger partial charge in [0.2, 0.25) is 0 Å². The van der Waals surface area contributed by atoms with Crippen LogP contribution in [0.25, 0.3) is 0 Å². The van der Waals surface area contributed by atoms with E-state index in [1.165, 1.54) is 23.1 Å². The molecule has 2 atom stereocenters. The van der Waals surface area contributed by atoms with Crippen molar-refractivity contribution in [3.05, 3.63) is 39.4 Å². The molecule has 0 spiro atoms. The third kappa shape index (κ3) is 2.52. The molecule has 24 heavy (non-hydrogen) atoms. The van der Waals surface area contributed by atoms with Gasteiger partial charge in [-0.05, 0) is 25.0 Å². The first kappa shape index (κ1) is 16.4. The summed E-state index contributed by atoms with van der Waals surface area (Å²) in [6, 6.07) is 4.08. The number of nitrogens with zero attached hydrogens (tertiary/aromatic N) is 2. The van der Waals surface area contributed by atoms with Gasteiger partial charge in [0, 0.05) is 43.3 Å². The molecule has 0 bridgehead atoms. The highest BCUT2D eigenvalue weighted by atomic mass is 16.6. The predicted molar refractivity (Wildman–Crippen MR) is 82.7 cm³/mol. The summed E-state index contributed by atoms with van der Waals surface area (Å²) in [5.41, 5.74) is -0.164. The average Bonchev–Trinajstić information content (AvgIpc) is 2.95. The number of likely N-dealkylation sites (tertiary alicyclic amines) is 1. The van der Waals surface area contributed by atoms with Crippen molar-refractivity contribution < 1.29 is 24.4 Å². The SMILES string of the molecule is Cc1cc([N+](=O)[O-])ccc1C(=O)N1C[C@H]2COCC[C@@]2(C(=O)O)C1. The van der Waals surface area contributed by atoms with Crippen molar-refractivity contribution in [2.45, 2.75) is 13.3 Å². The molecule has 0 aliphatic carbocycles. The van der Waals surface area contributed by atoms with Crippen LogP contribution in [0.4, 0.5) is 5.69 Å². The van der Waals surface area contributed by atoms with Crippen LogP contribution in [-0.4, -0.2) is 53.1 Å². The van der Waals surface area contributed by atoms with Crippen molar-refractivity contribution in [1.82, 2.24) is 4.90 Å². The van der Waals surface area contributed by atoms with Gasteiger partial charge in [-0.2, -0.15) is 0 Å². The molecule has 1 N–H and O–H groups in total. The highest BCUT2D eigenvalue weighted by Crippen LogP contribution is 2.43. The Labute approximate surface area is 138 Å². The van der Waals surface area contributed by atoms with E-state index in [0.29, 0.717) is 37.3 Å². The number of nitro groups is 1. The lowest BCUT2D eigenvalue weighted by Gasteiger charge is -2.33. The van der Waals surface area contributed by atoms with Gasteiger partial charge >= 0.3 is 5.97 Å². The molecule has 2 aliphatic rings. The Balaban J connectivity index is 1.86. The highest BCUT2D eigenvalue weighted by Gasteiger charge is 2.55. The average molecular weight is 334 g/mol. The Kier molecular flexibility index (Phi) is 4.00. The number of ether oxygens (including phenoxy) is 1. The molecule has 0 aromatic heterocycles. The normalized spacial score (nSPS) is 26.0. The van der Waals surface area contributed by atoms with E-state index in [1.807, 2.05) is 0 Å². The molecule has 1 aromatic rings. The van der Waals surface area contributed by atoms with Gasteiger partial charge in [0.15, 0.2) is 0 Å². The molecule has 2 fully saturated rings. The fourth-order valence-electron chi connectivity index (χ4n) is 3.63. The van der Waals surface area contributed by atoms with Crippen LogP contribution in [0, 0.1) is 28.4 Å². The summed E-state index contributed by atoms with van der Waals surface area (Å²) in [7, 11) is 0. The number of hydrogen-bond acceptors (Lipinski definition) is 5. The van der Waals surface area contributed by atoms with E-state index in [-0.39, 0.29) is 24.1 Å². The van der Waals surface area contributed by atoms with Crippen LogP contribution >= 0.6 is 0 Å². The predicted octanol–water partition coefficient (Wildman–Crippen LogP) is 1.47. The topological polar surface area (TPSA) is 110 Å². The molecule has 8 nitrogen and oxygen atoms in total. The minimum Gasteiger partial charge on any atom is -0.481 e. The lowest BCUT2D eigenvalue weighted by molar-refractivity contribution is -0.384. The summed E-state index contributed by atoms with van der Waals surface area (Å²) in [5.74, 6) is -1.42. The van der Waals surface area contributed by atoms with Crippen molar-refractivity contribution in [1.29, 1.82) is 0 Å². The van der Waals surface area contributed by atoms with Gasteiger partial charge in [0.05, 0.1) is 16.9 Å². The number of aryl methyl sites for hydroxylation is 1. The number of hydrogen-bond donors (Lipinski definition) is 1. The van der Waals surface area contributed by atoms with Crippen molar-refractivity contribution in [2.75, 3.05) is 26.3 Å². The van der Waals surface area contributed by atoms with Crippen LogP contribution in [-0.2, 0) is 9.53 Å². The quantitative estimate of drug-likeness (QED) is 0.662. The zero-order valence-electron chi connectivity index (χ0n) is 13.2. The molecule has 0 saturated carbocycles. The summed E-state index contributed by atoms with van der Waals surface area (Å²) in [6.45, 7) is 2.81. The molecule has 2 heterocycles. The summed E-state index contributed by atoms with van der Waals surface area (Å²) >= 11 is 0. The summed E-state index contributed by atoms with van der Waals surface area (Å²) in [4.78, 5) is 36.4. The molecule has 8 heteroatoms. The number of carboxylic acid groups (broad SMARTS) is 1. The van der Waals surface area contributed by atoms with Crippen LogP contribution in [0.3, 0.4) is 0 Å². The smallest absolute Gasteiger partial charge is 0.311 e. The Morgan fingerprint density at radius 2 is 2.21 bits per heavy atom. The minimum atomic E-state index is -0.956. The van der Waals surface area contributed by atoms with Gasteiger partial charge in [-0.15, -0.1) is 0 Å². The van der Waals surface area contributed by atoms with E-state index in [9.17, 15) is 24.8 Å².